The second-order valence-corrected chi connectivity index (χ2v) is 9.23. The Morgan fingerprint density at radius 3 is 2.53 bits per heavy atom. The lowest BCUT2D eigenvalue weighted by molar-refractivity contribution is 0.0493. The number of alkyl carbamates (subject to hydrolysis) is 1. The molecule has 7 nitrogen and oxygen atoms in total. The Morgan fingerprint density at radius 2 is 1.91 bits per heavy atom. The lowest BCUT2D eigenvalue weighted by Gasteiger charge is -2.25. The number of hydrogen-bond acceptors (Lipinski definition) is 5. The predicted molar refractivity (Wildman–Crippen MR) is 121 cm³/mol. The molecule has 1 aromatic heterocycles. The highest BCUT2D eigenvalue weighted by molar-refractivity contribution is 6.35. The monoisotopic (exact) mass is 458 g/mol. The van der Waals surface area contributed by atoms with E-state index in [2.05, 4.69) is 10.7 Å². The number of ether oxygens (including phenoxy) is 1. The molecule has 0 saturated heterocycles. The van der Waals surface area contributed by atoms with Crippen LogP contribution in [0, 0.1) is 11.7 Å². The van der Waals surface area contributed by atoms with Crippen molar-refractivity contribution in [1.29, 1.82) is 0 Å². The van der Waals surface area contributed by atoms with Crippen LogP contribution in [0.25, 0.3) is 10.9 Å². The van der Waals surface area contributed by atoms with E-state index in [1.165, 1.54) is 28.9 Å². The third-order valence-electron chi connectivity index (χ3n) is 5.00. The van der Waals surface area contributed by atoms with Crippen molar-refractivity contribution in [2.24, 2.45) is 5.92 Å². The molecule has 0 aliphatic heterocycles. The first kappa shape index (κ1) is 22.1. The average Bonchev–Trinajstić information content (AvgIpc) is 3.53. The summed E-state index contributed by atoms with van der Waals surface area (Å²) in [6.45, 7) is 5.34. The van der Waals surface area contributed by atoms with Gasteiger partial charge in [-0.15, -0.1) is 0 Å². The number of carbonyl (C=O) groups is 1. The lowest BCUT2D eigenvalue weighted by Crippen LogP contribution is -2.40. The maximum absolute atomic E-state index is 13.5. The summed E-state index contributed by atoms with van der Waals surface area (Å²) in [5.74, 6) is 0.0278. The Labute approximate surface area is 189 Å². The molecule has 0 bridgehead atoms. The molecule has 1 atom stereocenters. The van der Waals surface area contributed by atoms with Gasteiger partial charge in [0, 0.05) is 0 Å². The summed E-state index contributed by atoms with van der Waals surface area (Å²) < 4.78 is 20.1. The van der Waals surface area contributed by atoms with Gasteiger partial charge in [0.15, 0.2) is 5.82 Å². The number of benzene rings is 2. The number of anilines is 1. The Hall–Kier alpha value is -3.13. The number of halogens is 2. The van der Waals surface area contributed by atoms with Crippen molar-refractivity contribution in [1.82, 2.24) is 15.0 Å². The van der Waals surface area contributed by atoms with E-state index in [9.17, 15) is 14.0 Å². The van der Waals surface area contributed by atoms with Gasteiger partial charge in [-0.1, -0.05) is 17.7 Å². The Morgan fingerprint density at radius 1 is 1.22 bits per heavy atom. The molecule has 3 aromatic rings. The number of aromatic nitrogens is 2. The topological polar surface area (TPSA) is 85.2 Å². The van der Waals surface area contributed by atoms with E-state index in [-0.39, 0.29) is 16.3 Å². The van der Waals surface area contributed by atoms with Crippen molar-refractivity contribution < 1.29 is 13.9 Å². The molecular formula is C23H24ClFN4O3. The van der Waals surface area contributed by atoms with Crippen LogP contribution < -0.4 is 16.3 Å². The van der Waals surface area contributed by atoms with Crippen LogP contribution in [0.4, 0.5) is 14.9 Å². The van der Waals surface area contributed by atoms with Crippen molar-refractivity contribution in [2.75, 3.05) is 5.43 Å². The third-order valence-corrected chi connectivity index (χ3v) is 5.32. The molecule has 32 heavy (non-hydrogen) atoms. The van der Waals surface area contributed by atoms with E-state index < -0.39 is 29.1 Å². The van der Waals surface area contributed by atoms with Gasteiger partial charge >= 0.3 is 6.09 Å². The second kappa shape index (κ2) is 8.43. The summed E-state index contributed by atoms with van der Waals surface area (Å²) in [6.07, 6.45) is 1.16. The fourth-order valence-electron chi connectivity index (χ4n) is 3.43. The average molecular weight is 459 g/mol. The molecule has 9 heteroatoms. The van der Waals surface area contributed by atoms with Crippen LogP contribution in [0.5, 0.6) is 0 Å². The van der Waals surface area contributed by atoms with E-state index in [0.717, 1.165) is 12.8 Å². The molecule has 1 unspecified atom stereocenters. The third kappa shape index (κ3) is 4.85. The predicted octanol–water partition coefficient (Wildman–Crippen LogP) is 5.04. The number of amides is 1. The van der Waals surface area contributed by atoms with Gasteiger partial charge in [0.1, 0.15) is 11.4 Å². The van der Waals surface area contributed by atoms with Crippen LogP contribution in [0.15, 0.2) is 47.3 Å². The number of nitrogens with one attached hydrogen (secondary N) is 2. The quantitative estimate of drug-likeness (QED) is 0.559. The Bertz CT molecular complexity index is 1220. The first-order chi connectivity index (χ1) is 15.1. The van der Waals surface area contributed by atoms with Crippen molar-refractivity contribution in [2.45, 2.75) is 45.3 Å². The van der Waals surface area contributed by atoms with Gasteiger partial charge in [-0.2, -0.15) is 0 Å². The summed E-state index contributed by atoms with van der Waals surface area (Å²) in [5.41, 5.74) is 2.81. The normalized spacial score (nSPS) is 14.8. The van der Waals surface area contributed by atoms with Crippen molar-refractivity contribution >= 4 is 34.3 Å². The fourth-order valence-corrected chi connectivity index (χ4v) is 3.68. The molecule has 4 rings (SSSR count). The molecular weight excluding hydrogens is 435 g/mol. The highest BCUT2D eigenvalue weighted by Gasteiger charge is 2.38. The van der Waals surface area contributed by atoms with E-state index in [0.29, 0.717) is 17.0 Å². The summed E-state index contributed by atoms with van der Waals surface area (Å²) in [4.78, 5) is 30.7. The van der Waals surface area contributed by atoms with Crippen LogP contribution in [-0.2, 0) is 4.74 Å². The van der Waals surface area contributed by atoms with E-state index >= 15 is 0 Å². The number of fused-ring (bicyclic) bond motifs is 1. The molecule has 0 spiro atoms. The summed E-state index contributed by atoms with van der Waals surface area (Å²) in [6, 6.07) is 10.1. The molecule has 2 N–H and O–H groups in total. The van der Waals surface area contributed by atoms with Crippen molar-refractivity contribution in [3.05, 3.63) is 69.5 Å². The molecule has 1 aliphatic rings. The van der Waals surface area contributed by atoms with Crippen LogP contribution in [0.2, 0.25) is 5.02 Å². The minimum Gasteiger partial charge on any atom is -0.444 e. The van der Waals surface area contributed by atoms with E-state index in [1.54, 1.807) is 39.0 Å². The fraction of sp³-hybridized carbons (Fsp3) is 0.348. The number of nitrogens with zero attached hydrogens (tertiary/aromatic N) is 2. The molecule has 1 saturated carbocycles. The molecule has 1 aliphatic carbocycles. The smallest absolute Gasteiger partial charge is 0.408 e. The molecule has 1 fully saturated rings. The molecule has 168 valence electrons. The molecule has 1 amide bonds. The van der Waals surface area contributed by atoms with Gasteiger partial charge in [0.25, 0.3) is 5.56 Å². The maximum Gasteiger partial charge on any atom is 0.408 e. The number of carbonyl (C=O) groups excluding carboxylic acids is 1. The van der Waals surface area contributed by atoms with Gasteiger partial charge in [-0.05, 0) is 75.9 Å². The molecule has 1 heterocycles. The maximum atomic E-state index is 13.5. The zero-order valence-electron chi connectivity index (χ0n) is 18.0. The summed E-state index contributed by atoms with van der Waals surface area (Å²) >= 11 is 6.30. The van der Waals surface area contributed by atoms with E-state index in [1.807, 2.05) is 0 Å². The zero-order valence-corrected chi connectivity index (χ0v) is 18.7. The van der Waals surface area contributed by atoms with Crippen LogP contribution >= 0.6 is 11.6 Å². The minimum absolute atomic E-state index is 0.104. The van der Waals surface area contributed by atoms with Crippen LogP contribution in [-0.4, -0.2) is 21.4 Å². The SMILES string of the molecule is CC(C)(C)OC(=O)NC(c1nc2cccc(Cl)c2c(=O)n1Nc1ccc(F)cc1)C1CC1. The van der Waals surface area contributed by atoms with Gasteiger partial charge in [-0.3, -0.25) is 10.2 Å². The highest BCUT2D eigenvalue weighted by Crippen LogP contribution is 2.40. The lowest BCUT2D eigenvalue weighted by atomic mass is 10.1. The number of hydrogen-bond donors (Lipinski definition) is 2. The number of rotatable bonds is 5. The van der Waals surface area contributed by atoms with Gasteiger partial charge in [-0.25, -0.2) is 18.8 Å². The Balaban J connectivity index is 1.83. The van der Waals surface area contributed by atoms with Crippen LogP contribution in [0.1, 0.15) is 45.5 Å². The first-order valence-corrected chi connectivity index (χ1v) is 10.7. The van der Waals surface area contributed by atoms with Gasteiger partial charge < -0.3 is 10.1 Å². The van der Waals surface area contributed by atoms with Gasteiger partial charge in [0.05, 0.1) is 27.7 Å². The molecule has 0 radical (unpaired) electrons. The summed E-state index contributed by atoms with van der Waals surface area (Å²) in [7, 11) is 0. The largest absolute Gasteiger partial charge is 0.444 e. The highest BCUT2D eigenvalue weighted by atomic mass is 35.5. The Kier molecular flexibility index (Phi) is 5.81. The van der Waals surface area contributed by atoms with E-state index in [4.69, 9.17) is 21.3 Å². The van der Waals surface area contributed by atoms with Crippen molar-refractivity contribution in [3.8, 4) is 0 Å². The first-order valence-electron chi connectivity index (χ1n) is 10.4. The summed E-state index contributed by atoms with van der Waals surface area (Å²) in [5, 5.41) is 3.39. The van der Waals surface area contributed by atoms with Crippen molar-refractivity contribution in [3.63, 3.8) is 0 Å². The standard InChI is InChI=1S/C23H24ClFN4O3/c1-23(2,3)32-22(31)27-19(13-7-8-13)20-26-17-6-4-5-16(24)18(17)21(30)29(20)28-15-11-9-14(25)10-12-15/h4-6,9-13,19,28H,7-8H2,1-3H3,(H,27,31). The zero-order chi connectivity index (χ0) is 23.0. The van der Waals surface area contributed by atoms with Gasteiger partial charge in [0.2, 0.25) is 0 Å². The molecule has 2 aromatic carbocycles. The second-order valence-electron chi connectivity index (χ2n) is 8.82. The van der Waals surface area contributed by atoms with Crippen LogP contribution in [0.3, 0.4) is 0 Å². The minimum atomic E-state index is -0.672.